The Hall–Kier alpha value is -2.68. The van der Waals surface area contributed by atoms with Crippen LogP contribution >= 0.6 is 11.6 Å². The van der Waals surface area contributed by atoms with Gasteiger partial charge in [0.25, 0.3) is 5.91 Å². The van der Waals surface area contributed by atoms with Crippen molar-refractivity contribution >= 4 is 27.5 Å². The lowest BCUT2D eigenvalue weighted by molar-refractivity contribution is 0.0954. The predicted octanol–water partition coefficient (Wildman–Crippen LogP) is 3.18. The Morgan fingerprint density at radius 2 is 1.90 bits per heavy atom. The molecule has 1 amide bonds. The van der Waals surface area contributed by atoms with Crippen LogP contribution in [0.1, 0.15) is 29.8 Å². The number of hydrogen-bond acceptors (Lipinski definition) is 4. The molecule has 158 valence electrons. The van der Waals surface area contributed by atoms with E-state index in [1.165, 1.54) is 18.2 Å². The topological polar surface area (TPSA) is 93.1 Å². The van der Waals surface area contributed by atoms with E-state index in [0.717, 1.165) is 11.3 Å². The molecule has 1 heterocycles. The van der Waals surface area contributed by atoms with Gasteiger partial charge in [0.15, 0.2) is 0 Å². The monoisotopic (exact) mass is 446 g/mol. The summed E-state index contributed by atoms with van der Waals surface area (Å²) in [7, 11) is -3.72. The average molecular weight is 447 g/mol. The first-order valence-corrected chi connectivity index (χ1v) is 11.3. The fraction of sp³-hybridized carbons (Fsp3) is 0.238. The van der Waals surface area contributed by atoms with Gasteiger partial charge in [-0.15, -0.1) is 0 Å². The second-order valence-corrected chi connectivity index (χ2v) is 9.17. The van der Waals surface area contributed by atoms with Crippen molar-refractivity contribution in [2.45, 2.75) is 31.2 Å². The summed E-state index contributed by atoms with van der Waals surface area (Å²) in [5.41, 5.74) is 2.03. The number of hydrogen-bond donors (Lipinski definition) is 2. The normalized spacial score (nSPS) is 11.6. The zero-order valence-corrected chi connectivity index (χ0v) is 18.2. The van der Waals surface area contributed by atoms with Crippen LogP contribution in [0.15, 0.2) is 65.8 Å². The molecule has 0 saturated heterocycles. The lowest BCUT2D eigenvalue weighted by Crippen LogP contribution is -2.31. The number of benzene rings is 2. The fourth-order valence-corrected chi connectivity index (χ4v) is 4.33. The molecule has 2 N–H and O–H groups in total. The zero-order chi connectivity index (χ0) is 21.7. The van der Waals surface area contributed by atoms with E-state index in [1.807, 2.05) is 36.5 Å². The maximum atomic E-state index is 12.6. The van der Waals surface area contributed by atoms with Crippen molar-refractivity contribution in [1.29, 1.82) is 0 Å². The first-order chi connectivity index (χ1) is 14.3. The van der Waals surface area contributed by atoms with Gasteiger partial charge in [0, 0.05) is 18.8 Å². The summed E-state index contributed by atoms with van der Waals surface area (Å²) in [4.78, 5) is 12.5. The van der Waals surface area contributed by atoms with E-state index in [9.17, 15) is 13.2 Å². The maximum absolute atomic E-state index is 12.6. The van der Waals surface area contributed by atoms with Gasteiger partial charge in [0.2, 0.25) is 10.0 Å². The van der Waals surface area contributed by atoms with Crippen molar-refractivity contribution in [2.24, 2.45) is 0 Å². The van der Waals surface area contributed by atoms with Gasteiger partial charge in [-0.05, 0) is 56.2 Å². The molecule has 0 radical (unpaired) electrons. The molecule has 30 heavy (non-hydrogen) atoms. The molecule has 0 aliphatic rings. The molecule has 3 rings (SSSR count). The summed E-state index contributed by atoms with van der Waals surface area (Å²) in [5.74, 6) is -0.433. The summed E-state index contributed by atoms with van der Waals surface area (Å²) >= 11 is 6.12. The molecule has 2 aromatic carbocycles. The van der Waals surface area contributed by atoms with Gasteiger partial charge in [-0.2, -0.15) is 5.10 Å². The molecular weight excluding hydrogens is 424 g/mol. The summed E-state index contributed by atoms with van der Waals surface area (Å²) in [6.07, 6.45) is 4.22. The van der Waals surface area contributed by atoms with Crippen LogP contribution < -0.4 is 10.0 Å². The van der Waals surface area contributed by atoms with Gasteiger partial charge < -0.3 is 5.32 Å². The molecule has 3 aromatic rings. The molecule has 9 heteroatoms. The largest absolute Gasteiger partial charge is 0.352 e. The molecule has 1 aromatic heterocycles. The highest BCUT2D eigenvalue weighted by molar-refractivity contribution is 7.89. The number of carbonyl (C=O) groups excluding carboxylic acids is 1. The van der Waals surface area contributed by atoms with Gasteiger partial charge in [-0.25, -0.2) is 17.8 Å². The van der Waals surface area contributed by atoms with Gasteiger partial charge >= 0.3 is 0 Å². The minimum Gasteiger partial charge on any atom is -0.352 e. The average Bonchev–Trinajstić information content (AvgIpc) is 3.16. The van der Waals surface area contributed by atoms with Crippen LogP contribution in [0.5, 0.6) is 0 Å². The summed E-state index contributed by atoms with van der Waals surface area (Å²) in [6, 6.07) is 13.5. The Morgan fingerprint density at radius 3 is 2.60 bits per heavy atom. The fourth-order valence-electron chi connectivity index (χ4n) is 2.85. The van der Waals surface area contributed by atoms with Crippen molar-refractivity contribution in [2.75, 3.05) is 6.54 Å². The molecule has 0 unspecified atom stereocenters. The van der Waals surface area contributed by atoms with Gasteiger partial charge in [-0.1, -0.05) is 29.8 Å². The van der Waals surface area contributed by atoms with Gasteiger partial charge in [0.1, 0.15) is 0 Å². The van der Waals surface area contributed by atoms with Gasteiger partial charge in [-0.3, -0.25) is 4.79 Å². The van der Waals surface area contributed by atoms with E-state index in [1.54, 1.807) is 24.7 Å². The van der Waals surface area contributed by atoms with E-state index in [2.05, 4.69) is 15.1 Å². The van der Waals surface area contributed by atoms with Crippen molar-refractivity contribution in [3.05, 3.63) is 77.1 Å². The first-order valence-electron chi connectivity index (χ1n) is 9.45. The molecule has 0 spiro atoms. The van der Waals surface area contributed by atoms with Crippen LogP contribution in [0.4, 0.5) is 0 Å². The van der Waals surface area contributed by atoms with Crippen molar-refractivity contribution in [3.63, 3.8) is 0 Å². The Labute approximate surface area is 181 Å². The van der Waals surface area contributed by atoms with Crippen LogP contribution in [-0.2, 0) is 16.4 Å². The quantitative estimate of drug-likeness (QED) is 0.555. The Bertz CT molecular complexity index is 1130. The van der Waals surface area contributed by atoms with Crippen LogP contribution in [0.3, 0.4) is 0 Å². The number of nitrogens with zero attached hydrogens (tertiary/aromatic N) is 2. The van der Waals surface area contributed by atoms with Crippen LogP contribution in [0.25, 0.3) is 5.69 Å². The number of halogens is 1. The predicted molar refractivity (Wildman–Crippen MR) is 117 cm³/mol. The minimum atomic E-state index is -3.72. The maximum Gasteiger partial charge on any atom is 0.252 e. The second-order valence-electron chi connectivity index (χ2n) is 7.05. The number of para-hydroxylation sites is 1. The standard InChI is InChI=1S/C21H23ClN4O3S/c1-15(2)25-30(28,29)18-8-9-20(22)19(12-18)21(27)23-11-10-16-13-24-26(14-16)17-6-4-3-5-7-17/h3-9,12-15,25H,10-11H2,1-2H3,(H,23,27). The number of rotatable bonds is 8. The van der Waals surface area contributed by atoms with Crippen LogP contribution in [0.2, 0.25) is 5.02 Å². The molecule has 0 saturated carbocycles. The summed E-state index contributed by atoms with van der Waals surface area (Å²) < 4.78 is 29.0. The third kappa shape index (κ3) is 5.47. The Balaban J connectivity index is 1.64. The zero-order valence-electron chi connectivity index (χ0n) is 16.7. The molecule has 0 bridgehead atoms. The van der Waals surface area contributed by atoms with E-state index in [4.69, 9.17) is 11.6 Å². The first kappa shape index (κ1) is 22.0. The number of amides is 1. The van der Waals surface area contributed by atoms with E-state index < -0.39 is 15.9 Å². The number of aromatic nitrogens is 2. The van der Waals surface area contributed by atoms with Crippen LogP contribution in [0, 0.1) is 0 Å². The smallest absolute Gasteiger partial charge is 0.252 e. The lowest BCUT2D eigenvalue weighted by atomic mass is 10.2. The Morgan fingerprint density at radius 1 is 1.17 bits per heavy atom. The molecular formula is C21H23ClN4O3S. The SMILES string of the molecule is CC(C)NS(=O)(=O)c1ccc(Cl)c(C(=O)NCCc2cnn(-c3ccccc3)c2)c1. The molecule has 7 nitrogen and oxygen atoms in total. The summed E-state index contributed by atoms with van der Waals surface area (Å²) in [6.45, 7) is 3.80. The second kappa shape index (κ2) is 9.42. The minimum absolute atomic E-state index is 0.00473. The third-order valence-electron chi connectivity index (χ3n) is 4.24. The summed E-state index contributed by atoms with van der Waals surface area (Å²) in [5, 5.41) is 7.30. The number of nitrogens with one attached hydrogen (secondary N) is 2. The number of carbonyl (C=O) groups is 1. The van der Waals surface area contributed by atoms with Crippen molar-refractivity contribution < 1.29 is 13.2 Å². The number of sulfonamides is 1. The highest BCUT2D eigenvalue weighted by atomic mass is 35.5. The van der Waals surface area contributed by atoms with Crippen molar-refractivity contribution in [3.8, 4) is 5.69 Å². The van der Waals surface area contributed by atoms with E-state index in [-0.39, 0.29) is 21.5 Å². The Kier molecular flexibility index (Phi) is 6.91. The third-order valence-corrected chi connectivity index (χ3v) is 6.23. The molecule has 0 fully saturated rings. The molecule has 0 atom stereocenters. The van der Waals surface area contributed by atoms with E-state index in [0.29, 0.717) is 13.0 Å². The van der Waals surface area contributed by atoms with Crippen LogP contribution in [-0.4, -0.2) is 36.7 Å². The highest BCUT2D eigenvalue weighted by Crippen LogP contribution is 2.21. The van der Waals surface area contributed by atoms with Crippen molar-refractivity contribution in [1.82, 2.24) is 19.8 Å². The molecule has 0 aliphatic heterocycles. The molecule has 0 aliphatic carbocycles. The lowest BCUT2D eigenvalue weighted by Gasteiger charge is -2.12. The van der Waals surface area contributed by atoms with Gasteiger partial charge in [0.05, 0.1) is 27.4 Å². The highest BCUT2D eigenvalue weighted by Gasteiger charge is 2.19. The van der Waals surface area contributed by atoms with E-state index >= 15 is 0 Å².